The third-order valence-electron chi connectivity index (χ3n) is 4.69. The van der Waals surface area contributed by atoms with Crippen LogP contribution in [0.25, 0.3) is 10.9 Å². The van der Waals surface area contributed by atoms with Crippen molar-refractivity contribution in [1.82, 2.24) is 24.8 Å². The molecule has 27 heavy (non-hydrogen) atoms. The second-order valence-electron chi connectivity index (χ2n) is 8.01. The normalized spacial score (nSPS) is 12.9. The molecule has 0 aliphatic carbocycles. The van der Waals surface area contributed by atoms with E-state index in [0.717, 1.165) is 16.6 Å². The topological polar surface area (TPSA) is 66.0 Å². The van der Waals surface area contributed by atoms with Crippen LogP contribution in [0.1, 0.15) is 26.5 Å². The molecule has 0 fully saturated rings. The quantitative estimate of drug-likeness (QED) is 0.717. The summed E-state index contributed by atoms with van der Waals surface area (Å²) in [5.74, 6) is -0.272. The summed E-state index contributed by atoms with van der Waals surface area (Å²) >= 11 is 0. The summed E-state index contributed by atoms with van der Waals surface area (Å²) in [5, 5.41) is 3.92. The molecule has 2 heterocycles. The first-order valence-electron chi connectivity index (χ1n) is 8.97. The third kappa shape index (κ3) is 4.67. The van der Waals surface area contributed by atoms with Crippen LogP contribution in [0, 0.1) is 11.2 Å². The number of imidazole rings is 1. The van der Waals surface area contributed by atoms with E-state index in [1.807, 2.05) is 16.8 Å². The summed E-state index contributed by atoms with van der Waals surface area (Å²) in [6.45, 7) is 7.35. The van der Waals surface area contributed by atoms with E-state index in [0.29, 0.717) is 13.1 Å². The molecule has 0 unspecified atom stereocenters. The first-order valence-corrected chi connectivity index (χ1v) is 8.97. The van der Waals surface area contributed by atoms with Gasteiger partial charge >= 0.3 is 6.03 Å². The van der Waals surface area contributed by atoms with E-state index >= 15 is 0 Å². The molecule has 3 rings (SSSR count). The zero-order chi connectivity index (χ0) is 19.6. The number of hydrogen-bond donors (Lipinski definition) is 2. The Morgan fingerprint density at radius 3 is 2.81 bits per heavy atom. The van der Waals surface area contributed by atoms with E-state index in [9.17, 15) is 9.18 Å². The molecule has 0 spiro atoms. The molecule has 2 amide bonds. The number of benzene rings is 1. The molecule has 6 nitrogen and oxygen atoms in total. The van der Waals surface area contributed by atoms with Gasteiger partial charge in [-0.25, -0.2) is 14.2 Å². The van der Waals surface area contributed by atoms with Crippen LogP contribution in [0.5, 0.6) is 0 Å². The van der Waals surface area contributed by atoms with Crippen LogP contribution in [-0.4, -0.2) is 38.6 Å². The van der Waals surface area contributed by atoms with E-state index < -0.39 is 0 Å². The minimum absolute atomic E-state index is 0.0570. The molecule has 0 saturated heterocycles. The Morgan fingerprint density at radius 2 is 2.15 bits per heavy atom. The molecule has 3 aromatic rings. The van der Waals surface area contributed by atoms with Crippen LogP contribution in [-0.2, 0) is 13.1 Å². The molecule has 0 radical (unpaired) electrons. The number of nitrogens with one attached hydrogen (secondary N) is 2. The van der Waals surface area contributed by atoms with Crippen molar-refractivity contribution in [3.63, 3.8) is 0 Å². The Labute approximate surface area is 158 Å². The van der Waals surface area contributed by atoms with E-state index in [1.54, 1.807) is 30.5 Å². The van der Waals surface area contributed by atoms with Crippen molar-refractivity contribution in [1.29, 1.82) is 0 Å². The number of carbonyl (C=O) groups is 1. The number of hydrogen-bond acceptors (Lipinski definition) is 2. The van der Waals surface area contributed by atoms with Gasteiger partial charge in [-0.15, -0.1) is 0 Å². The van der Waals surface area contributed by atoms with Gasteiger partial charge in [-0.2, -0.15) is 0 Å². The second-order valence-corrected chi connectivity index (χ2v) is 8.01. The second kappa shape index (κ2) is 7.42. The maximum atomic E-state index is 13.4. The smallest absolute Gasteiger partial charge is 0.317 e. The van der Waals surface area contributed by atoms with E-state index in [4.69, 9.17) is 0 Å². The summed E-state index contributed by atoms with van der Waals surface area (Å²) in [5.41, 5.74) is 1.60. The summed E-state index contributed by atoms with van der Waals surface area (Å²) in [6, 6.07) is 6.27. The first-order chi connectivity index (χ1) is 12.7. The summed E-state index contributed by atoms with van der Waals surface area (Å²) < 4.78 is 15.3. The SMILES string of the molecule is CN(Cc1cc2cc(F)ccc2[nH]1)C(=O)N[C@@H](Cn1ccnc1)C(C)(C)C. The zero-order valence-electron chi connectivity index (χ0n) is 16.2. The molecule has 0 aliphatic rings. The number of carbonyl (C=O) groups excluding carboxylic acids is 1. The van der Waals surface area contributed by atoms with Crippen LogP contribution >= 0.6 is 0 Å². The number of rotatable bonds is 5. The fourth-order valence-corrected chi connectivity index (χ4v) is 2.98. The Kier molecular flexibility index (Phi) is 5.21. The van der Waals surface area contributed by atoms with Crippen molar-refractivity contribution in [2.24, 2.45) is 5.41 Å². The molecule has 0 saturated carbocycles. The van der Waals surface area contributed by atoms with Crippen molar-refractivity contribution < 1.29 is 9.18 Å². The molecule has 1 atom stereocenters. The molecule has 2 N–H and O–H groups in total. The van der Waals surface area contributed by atoms with E-state index in [-0.39, 0.29) is 23.3 Å². The maximum Gasteiger partial charge on any atom is 0.317 e. The van der Waals surface area contributed by atoms with Gasteiger partial charge in [0.25, 0.3) is 0 Å². The molecular weight excluding hydrogens is 345 g/mol. The highest BCUT2D eigenvalue weighted by Gasteiger charge is 2.27. The molecular formula is C20H26FN5O. The standard InChI is InChI=1S/C20H26FN5O/c1-20(2,3)18(12-26-8-7-22-13-26)24-19(27)25(4)11-16-10-14-9-15(21)5-6-17(14)23-16/h5-10,13,18,23H,11-12H2,1-4H3,(H,24,27)/t18-/m0/s1. The molecule has 1 aromatic carbocycles. The highest BCUT2D eigenvalue weighted by Crippen LogP contribution is 2.21. The summed E-state index contributed by atoms with van der Waals surface area (Å²) in [4.78, 5) is 21.6. The van der Waals surface area contributed by atoms with Crippen molar-refractivity contribution in [3.8, 4) is 0 Å². The molecule has 144 valence electrons. The first kappa shape index (κ1) is 18.9. The van der Waals surface area contributed by atoms with Gasteiger partial charge in [-0.05, 0) is 29.7 Å². The van der Waals surface area contributed by atoms with Crippen LogP contribution in [0.4, 0.5) is 9.18 Å². The van der Waals surface area contributed by atoms with Crippen molar-refractivity contribution in [3.05, 3.63) is 54.5 Å². The van der Waals surface area contributed by atoms with Gasteiger partial charge in [0.15, 0.2) is 0 Å². The fraction of sp³-hybridized carbons (Fsp3) is 0.400. The number of halogens is 1. The minimum Gasteiger partial charge on any atom is -0.357 e. The van der Waals surface area contributed by atoms with Crippen molar-refractivity contribution >= 4 is 16.9 Å². The Bertz CT molecular complexity index is 910. The van der Waals surface area contributed by atoms with Crippen LogP contribution < -0.4 is 5.32 Å². The summed E-state index contributed by atoms with van der Waals surface area (Å²) in [6.07, 6.45) is 5.36. The lowest BCUT2D eigenvalue weighted by Crippen LogP contribution is -2.50. The molecule has 0 aliphatic heterocycles. The number of H-pyrrole nitrogens is 1. The Morgan fingerprint density at radius 1 is 1.37 bits per heavy atom. The van der Waals surface area contributed by atoms with Crippen LogP contribution in [0.15, 0.2) is 43.0 Å². The van der Waals surface area contributed by atoms with Crippen molar-refractivity contribution in [2.45, 2.75) is 39.9 Å². The summed E-state index contributed by atoms with van der Waals surface area (Å²) in [7, 11) is 1.75. The number of nitrogens with zero attached hydrogens (tertiary/aromatic N) is 3. The molecule has 7 heteroatoms. The van der Waals surface area contributed by atoms with Crippen molar-refractivity contribution in [2.75, 3.05) is 7.05 Å². The van der Waals surface area contributed by atoms with Gasteiger partial charge in [0.2, 0.25) is 0 Å². The molecule has 2 aromatic heterocycles. The van der Waals surface area contributed by atoms with Gasteiger partial charge in [0.1, 0.15) is 5.82 Å². The van der Waals surface area contributed by atoms with Crippen LogP contribution in [0.2, 0.25) is 0 Å². The monoisotopic (exact) mass is 371 g/mol. The zero-order valence-corrected chi connectivity index (χ0v) is 16.2. The maximum absolute atomic E-state index is 13.4. The van der Waals surface area contributed by atoms with E-state index in [1.165, 1.54) is 12.1 Å². The predicted molar refractivity (Wildman–Crippen MR) is 104 cm³/mol. The average molecular weight is 371 g/mol. The van der Waals surface area contributed by atoms with Gasteiger partial charge in [-0.3, -0.25) is 0 Å². The lowest BCUT2D eigenvalue weighted by Gasteiger charge is -2.33. The van der Waals surface area contributed by atoms with E-state index in [2.05, 4.69) is 36.1 Å². The number of fused-ring (bicyclic) bond motifs is 1. The predicted octanol–water partition coefficient (Wildman–Crippen LogP) is 3.76. The highest BCUT2D eigenvalue weighted by molar-refractivity contribution is 5.80. The Balaban J connectivity index is 1.67. The lowest BCUT2D eigenvalue weighted by molar-refractivity contribution is 0.181. The third-order valence-corrected chi connectivity index (χ3v) is 4.69. The number of amides is 2. The average Bonchev–Trinajstić information content (AvgIpc) is 3.21. The van der Waals surface area contributed by atoms with Gasteiger partial charge in [-0.1, -0.05) is 20.8 Å². The van der Waals surface area contributed by atoms with Gasteiger partial charge in [0.05, 0.1) is 18.9 Å². The van der Waals surface area contributed by atoms with Crippen LogP contribution in [0.3, 0.4) is 0 Å². The van der Waals surface area contributed by atoms with Gasteiger partial charge in [0, 0.05) is 42.6 Å². The van der Waals surface area contributed by atoms with Gasteiger partial charge < -0.3 is 19.8 Å². The molecule has 0 bridgehead atoms. The number of aromatic amines is 1. The minimum atomic E-state index is -0.272. The number of aromatic nitrogens is 3. The highest BCUT2D eigenvalue weighted by atomic mass is 19.1. The number of urea groups is 1. The largest absolute Gasteiger partial charge is 0.357 e. The lowest BCUT2D eigenvalue weighted by atomic mass is 9.86. The Hall–Kier alpha value is -2.83. The fourth-order valence-electron chi connectivity index (χ4n) is 2.98.